The molecule has 0 amide bonds. The van der Waals surface area contributed by atoms with Crippen LogP contribution in [0.3, 0.4) is 0 Å². The third-order valence-electron chi connectivity index (χ3n) is 5.08. The Kier molecular flexibility index (Phi) is 17.7. The van der Waals surface area contributed by atoms with Gasteiger partial charge in [-0.15, -0.1) is 0 Å². The Labute approximate surface area is 209 Å². The second-order valence-corrected chi connectivity index (χ2v) is 8.09. The predicted octanol–water partition coefficient (Wildman–Crippen LogP) is 4.55. The molecule has 9 heteroatoms. The lowest BCUT2D eigenvalue weighted by atomic mass is 10.1. The second-order valence-electron chi connectivity index (χ2n) is 8.09. The number of ketones is 1. The number of carbonyl (C=O) groups is 2. The van der Waals surface area contributed by atoms with Crippen LogP contribution in [-0.4, -0.2) is 72.1 Å². The highest BCUT2D eigenvalue weighted by Crippen LogP contribution is 2.27. The monoisotopic (exact) mass is 498 g/mol. The zero-order valence-electron chi connectivity index (χ0n) is 21.7. The summed E-state index contributed by atoms with van der Waals surface area (Å²) >= 11 is 0. The number of hydrogen-bond acceptors (Lipinski definition) is 9. The van der Waals surface area contributed by atoms with E-state index < -0.39 is 5.97 Å². The molecular weight excluding hydrogens is 456 g/mol. The van der Waals surface area contributed by atoms with E-state index in [4.69, 9.17) is 33.2 Å². The first-order valence-corrected chi connectivity index (χ1v) is 12.3. The molecule has 0 aliphatic rings. The first-order valence-electron chi connectivity index (χ1n) is 12.3. The maximum Gasteiger partial charge on any atom is 0.342 e. The van der Waals surface area contributed by atoms with Gasteiger partial charge in [-0.25, -0.2) is 4.79 Å². The summed E-state index contributed by atoms with van der Waals surface area (Å²) in [6.07, 6.45) is 5.22. The van der Waals surface area contributed by atoms with Gasteiger partial charge in [0.15, 0.2) is 13.6 Å². The minimum Gasteiger partial charge on any atom is -0.467 e. The van der Waals surface area contributed by atoms with E-state index in [9.17, 15) is 9.59 Å². The van der Waals surface area contributed by atoms with Crippen molar-refractivity contribution in [2.45, 2.75) is 64.9 Å². The van der Waals surface area contributed by atoms with Crippen LogP contribution in [0.5, 0.6) is 11.5 Å². The molecular formula is C26H42O9. The van der Waals surface area contributed by atoms with E-state index in [1.807, 2.05) is 6.92 Å². The molecule has 0 aromatic heterocycles. The number of esters is 1. The van der Waals surface area contributed by atoms with Crippen LogP contribution in [-0.2, 0) is 28.5 Å². The highest BCUT2D eigenvalue weighted by molar-refractivity contribution is 5.92. The maximum atomic E-state index is 12.8. The van der Waals surface area contributed by atoms with Crippen LogP contribution >= 0.6 is 0 Å². The van der Waals surface area contributed by atoms with Gasteiger partial charge in [-0.2, -0.15) is 0 Å². The van der Waals surface area contributed by atoms with Crippen molar-refractivity contribution < 1.29 is 42.7 Å². The minimum atomic E-state index is -0.512. The van der Waals surface area contributed by atoms with Gasteiger partial charge in [-0.05, 0) is 38.3 Å². The lowest BCUT2D eigenvalue weighted by Crippen LogP contribution is -2.17. The normalized spacial score (nSPS) is 11.8. The molecule has 1 rings (SSSR count). The van der Waals surface area contributed by atoms with E-state index in [0.29, 0.717) is 57.9 Å². The first kappa shape index (κ1) is 30.8. The number of ether oxygens (including phenoxy) is 7. The lowest BCUT2D eigenvalue weighted by Gasteiger charge is -2.16. The largest absolute Gasteiger partial charge is 0.467 e. The van der Waals surface area contributed by atoms with Crippen molar-refractivity contribution in [1.29, 1.82) is 0 Å². The van der Waals surface area contributed by atoms with Crippen LogP contribution in [0.1, 0.15) is 69.2 Å². The zero-order chi connectivity index (χ0) is 25.7. The van der Waals surface area contributed by atoms with Crippen molar-refractivity contribution >= 4 is 11.8 Å². The van der Waals surface area contributed by atoms with Crippen molar-refractivity contribution in [2.24, 2.45) is 0 Å². The summed E-state index contributed by atoms with van der Waals surface area (Å²) in [6.45, 7) is 5.56. The smallest absolute Gasteiger partial charge is 0.342 e. The number of methoxy groups -OCH3 is 2. The Bertz CT molecular complexity index is 708. The average molecular weight is 499 g/mol. The van der Waals surface area contributed by atoms with Crippen molar-refractivity contribution in [2.75, 3.05) is 54.2 Å². The number of hydrogen-bond donors (Lipinski definition) is 0. The Morgan fingerprint density at radius 3 is 2.17 bits per heavy atom. The molecule has 1 aromatic carbocycles. The summed E-state index contributed by atoms with van der Waals surface area (Å²) in [5.41, 5.74) is 0.260. The summed E-state index contributed by atoms with van der Waals surface area (Å²) < 4.78 is 37.4. The third kappa shape index (κ3) is 14.7. The molecule has 1 aromatic rings. The first-order chi connectivity index (χ1) is 17.0. The van der Waals surface area contributed by atoms with Gasteiger partial charge in [0, 0.05) is 33.1 Å². The molecule has 0 aliphatic heterocycles. The number of unbranched alkanes of at least 4 members (excludes halogenated alkanes) is 2. The SMILES string of the molecule is CCCCCC(=O)CCC[C@H](C)OC(=O)c1ccc(OCOCCOC)cc1OCOCCOC. The highest BCUT2D eigenvalue weighted by atomic mass is 16.7. The van der Waals surface area contributed by atoms with E-state index in [1.54, 1.807) is 32.4 Å². The summed E-state index contributed by atoms with van der Waals surface area (Å²) in [5.74, 6) is 0.505. The van der Waals surface area contributed by atoms with Crippen molar-refractivity contribution in [3.63, 3.8) is 0 Å². The fraction of sp³-hybridized carbons (Fsp3) is 0.692. The van der Waals surface area contributed by atoms with Crippen LogP contribution in [0, 0.1) is 0 Å². The predicted molar refractivity (Wildman–Crippen MR) is 131 cm³/mol. The average Bonchev–Trinajstić information content (AvgIpc) is 2.84. The van der Waals surface area contributed by atoms with E-state index in [2.05, 4.69) is 6.92 Å². The minimum absolute atomic E-state index is 0.0329. The summed E-state index contributed by atoms with van der Waals surface area (Å²) in [4.78, 5) is 24.8. The molecule has 9 nitrogen and oxygen atoms in total. The third-order valence-corrected chi connectivity index (χ3v) is 5.08. The number of rotatable bonds is 22. The number of benzene rings is 1. The Morgan fingerprint density at radius 2 is 1.51 bits per heavy atom. The van der Waals surface area contributed by atoms with Crippen molar-refractivity contribution in [1.82, 2.24) is 0 Å². The van der Waals surface area contributed by atoms with Crippen LogP contribution in [0.4, 0.5) is 0 Å². The molecule has 0 heterocycles. The molecule has 0 spiro atoms. The van der Waals surface area contributed by atoms with Crippen LogP contribution in [0.2, 0.25) is 0 Å². The summed E-state index contributed by atoms with van der Waals surface area (Å²) in [5, 5.41) is 0. The quantitative estimate of drug-likeness (QED) is 0.129. The molecule has 0 bridgehead atoms. The molecule has 0 unspecified atom stereocenters. The van der Waals surface area contributed by atoms with E-state index >= 15 is 0 Å². The molecule has 0 aliphatic carbocycles. The van der Waals surface area contributed by atoms with Gasteiger partial charge in [-0.1, -0.05) is 19.8 Å². The second kappa shape index (κ2) is 20.0. The zero-order valence-corrected chi connectivity index (χ0v) is 21.7. The Hall–Kier alpha value is -2.20. The standard InChI is InChI=1S/C26H42O9/c1-5-6-7-10-22(27)11-8-9-21(2)35-26(28)24-13-12-23(33-19-31-16-14-29-3)18-25(24)34-20-32-17-15-30-4/h12-13,18,21H,5-11,14-17,19-20H2,1-4H3/t21-/m0/s1. The van der Waals surface area contributed by atoms with Gasteiger partial charge in [0.2, 0.25) is 0 Å². The highest BCUT2D eigenvalue weighted by Gasteiger charge is 2.18. The molecule has 200 valence electrons. The van der Waals surface area contributed by atoms with Crippen LogP contribution in [0.25, 0.3) is 0 Å². The molecule has 0 N–H and O–H groups in total. The Balaban J connectivity index is 2.63. The molecule has 0 saturated heterocycles. The van der Waals surface area contributed by atoms with Gasteiger partial charge in [-0.3, -0.25) is 4.79 Å². The topological polar surface area (TPSA) is 98.8 Å². The molecule has 0 fully saturated rings. The van der Waals surface area contributed by atoms with Gasteiger partial charge in [0.25, 0.3) is 0 Å². The molecule has 1 atom stereocenters. The maximum absolute atomic E-state index is 12.8. The summed E-state index contributed by atoms with van der Waals surface area (Å²) in [7, 11) is 3.17. The van der Waals surface area contributed by atoms with E-state index in [0.717, 1.165) is 19.3 Å². The summed E-state index contributed by atoms with van der Waals surface area (Å²) in [6, 6.07) is 4.82. The van der Waals surface area contributed by atoms with Crippen molar-refractivity contribution in [3.05, 3.63) is 23.8 Å². The lowest BCUT2D eigenvalue weighted by molar-refractivity contribution is -0.119. The van der Waals surface area contributed by atoms with E-state index in [-0.39, 0.29) is 36.8 Å². The van der Waals surface area contributed by atoms with Crippen LogP contribution < -0.4 is 9.47 Å². The fourth-order valence-electron chi connectivity index (χ4n) is 3.09. The van der Waals surface area contributed by atoms with Gasteiger partial charge in [0.1, 0.15) is 22.8 Å². The van der Waals surface area contributed by atoms with Gasteiger partial charge < -0.3 is 33.2 Å². The molecule has 0 saturated carbocycles. The molecule has 35 heavy (non-hydrogen) atoms. The molecule has 0 radical (unpaired) electrons. The van der Waals surface area contributed by atoms with Crippen molar-refractivity contribution in [3.8, 4) is 11.5 Å². The number of carbonyl (C=O) groups excluding carboxylic acids is 2. The van der Waals surface area contributed by atoms with Crippen LogP contribution in [0.15, 0.2) is 18.2 Å². The Morgan fingerprint density at radius 1 is 0.857 bits per heavy atom. The fourth-order valence-corrected chi connectivity index (χ4v) is 3.09. The van der Waals surface area contributed by atoms with Gasteiger partial charge in [0.05, 0.1) is 32.5 Å². The van der Waals surface area contributed by atoms with Gasteiger partial charge >= 0.3 is 5.97 Å². The number of Topliss-reactive ketones (excluding diaryl/α,β-unsaturated/α-hetero) is 1. The van der Waals surface area contributed by atoms with E-state index in [1.165, 1.54) is 0 Å².